The second-order valence-electron chi connectivity index (χ2n) is 12.5. The molecule has 0 spiro atoms. The summed E-state index contributed by atoms with van der Waals surface area (Å²) in [4.78, 5) is 10.1. The Bertz CT molecular complexity index is 2260. The van der Waals surface area contributed by atoms with Gasteiger partial charge in [0.1, 0.15) is 0 Å². The van der Waals surface area contributed by atoms with E-state index in [0.29, 0.717) is 11.4 Å². The van der Waals surface area contributed by atoms with E-state index in [2.05, 4.69) is 123 Å². The summed E-state index contributed by atoms with van der Waals surface area (Å²) in [6.07, 6.45) is 0. The van der Waals surface area contributed by atoms with E-state index in [1.54, 1.807) is 0 Å². The summed E-state index contributed by atoms with van der Waals surface area (Å²) >= 11 is 0. The van der Waals surface area contributed by atoms with E-state index in [1.165, 1.54) is 27.8 Å². The largest absolute Gasteiger partial charge is 0.228 e. The van der Waals surface area contributed by atoms with E-state index in [9.17, 15) is 5.26 Å². The standard InChI is InChI=1S/C44H31N3/c1-44(2)37-19-10-9-18-36(37)42-38(44)25-24-35(41(42)31-22-20-29(28-45)21-23-31)33-16-11-17-34(26-33)40-27-39(30-12-5-3-6-13-30)46-43(47-40)32-14-7-4-8-15-32/h3-27H,1-2H3. The van der Waals surface area contributed by atoms with Crippen molar-refractivity contribution in [3.8, 4) is 73.4 Å². The third-order valence-electron chi connectivity index (χ3n) is 9.35. The highest BCUT2D eigenvalue weighted by Crippen LogP contribution is 2.54. The highest BCUT2D eigenvalue weighted by molar-refractivity contribution is 6.00. The number of hydrogen-bond acceptors (Lipinski definition) is 3. The van der Waals surface area contributed by atoms with E-state index in [4.69, 9.17) is 9.97 Å². The number of aromatic nitrogens is 2. The first-order valence-corrected chi connectivity index (χ1v) is 15.9. The van der Waals surface area contributed by atoms with Crippen LogP contribution in [0.4, 0.5) is 0 Å². The molecule has 1 aromatic heterocycles. The van der Waals surface area contributed by atoms with Crippen molar-refractivity contribution in [1.82, 2.24) is 9.97 Å². The van der Waals surface area contributed by atoms with Crippen LogP contribution in [0.3, 0.4) is 0 Å². The molecule has 0 radical (unpaired) electrons. The van der Waals surface area contributed by atoms with Gasteiger partial charge in [-0.2, -0.15) is 5.26 Å². The zero-order valence-electron chi connectivity index (χ0n) is 26.3. The minimum Gasteiger partial charge on any atom is -0.228 e. The number of rotatable bonds is 5. The van der Waals surface area contributed by atoms with E-state index in [-0.39, 0.29) is 5.41 Å². The maximum absolute atomic E-state index is 9.55. The Morgan fingerprint density at radius 2 is 1.09 bits per heavy atom. The van der Waals surface area contributed by atoms with Crippen LogP contribution in [-0.4, -0.2) is 9.97 Å². The fraction of sp³-hybridized carbons (Fsp3) is 0.0682. The second kappa shape index (κ2) is 11.4. The SMILES string of the molecule is CC1(C)c2ccccc2-c2c1ccc(-c1cccc(-c3cc(-c4ccccc4)nc(-c4ccccc4)n3)c1)c2-c1ccc(C#N)cc1. The molecule has 1 aliphatic carbocycles. The van der Waals surface area contributed by atoms with Crippen LogP contribution in [0.1, 0.15) is 30.5 Å². The fourth-order valence-corrected chi connectivity index (χ4v) is 6.96. The van der Waals surface area contributed by atoms with Gasteiger partial charge in [-0.3, -0.25) is 0 Å². The van der Waals surface area contributed by atoms with Crippen molar-refractivity contribution >= 4 is 0 Å². The van der Waals surface area contributed by atoms with Gasteiger partial charge in [0.05, 0.1) is 23.0 Å². The first kappa shape index (κ1) is 28.4. The van der Waals surface area contributed by atoms with E-state index < -0.39 is 0 Å². The van der Waals surface area contributed by atoms with Crippen LogP contribution in [0.2, 0.25) is 0 Å². The van der Waals surface area contributed by atoms with Crippen LogP contribution in [0.25, 0.3) is 67.3 Å². The van der Waals surface area contributed by atoms with Crippen molar-refractivity contribution < 1.29 is 0 Å². The Kier molecular flexibility index (Phi) is 6.85. The van der Waals surface area contributed by atoms with Crippen LogP contribution < -0.4 is 0 Å². The smallest absolute Gasteiger partial charge is 0.160 e. The third kappa shape index (κ3) is 4.92. The topological polar surface area (TPSA) is 49.6 Å². The van der Waals surface area contributed by atoms with Crippen molar-refractivity contribution in [2.75, 3.05) is 0 Å². The first-order valence-electron chi connectivity index (χ1n) is 15.9. The predicted octanol–water partition coefficient (Wildman–Crippen LogP) is 11.0. The van der Waals surface area contributed by atoms with E-state index >= 15 is 0 Å². The van der Waals surface area contributed by atoms with Gasteiger partial charge >= 0.3 is 0 Å². The van der Waals surface area contributed by atoms with Crippen molar-refractivity contribution in [3.05, 3.63) is 168 Å². The van der Waals surface area contributed by atoms with Gasteiger partial charge in [0.25, 0.3) is 0 Å². The van der Waals surface area contributed by atoms with Crippen molar-refractivity contribution in [2.45, 2.75) is 19.3 Å². The minimum atomic E-state index is -0.129. The zero-order valence-corrected chi connectivity index (χ0v) is 26.3. The molecule has 47 heavy (non-hydrogen) atoms. The molecule has 3 nitrogen and oxygen atoms in total. The van der Waals surface area contributed by atoms with Gasteiger partial charge in [0, 0.05) is 22.1 Å². The third-order valence-corrected chi connectivity index (χ3v) is 9.35. The van der Waals surface area contributed by atoms with Crippen LogP contribution >= 0.6 is 0 Å². The van der Waals surface area contributed by atoms with Crippen molar-refractivity contribution in [3.63, 3.8) is 0 Å². The molecule has 0 amide bonds. The van der Waals surface area contributed by atoms with Crippen LogP contribution in [0.15, 0.2) is 152 Å². The lowest BCUT2D eigenvalue weighted by Gasteiger charge is -2.23. The maximum Gasteiger partial charge on any atom is 0.160 e. The van der Waals surface area contributed by atoms with Crippen LogP contribution in [0.5, 0.6) is 0 Å². The zero-order chi connectivity index (χ0) is 32.0. The average molecular weight is 602 g/mol. The number of hydrogen-bond donors (Lipinski definition) is 0. The van der Waals surface area contributed by atoms with Crippen molar-refractivity contribution in [2.24, 2.45) is 0 Å². The molecule has 0 unspecified atom stereocenters. The summed E-state index contributed by atoms with van der Waals surface area (Å²) in [5, 5.41) is 9.55. The molecule has 1 aliphatic rings. The Morgan fingerprint density at radius 1 is 0.468 bits per heavy atom. The number of benzene rings is 6. The molecule has 0 saturated heterocycles. The predicted molar refractivity (Wildman–Crippen MR) is 191 cm³/mol. The van der Waals surface area contributed by atoms with E-state index in [0.717, 1.165) is 44.8 Å². The summed E-state index contributed by atoms with van der Waals surface area (Å²) in [5.74, 6) is 0.696. The molecule has 222 valence electrons. The summed E-state index contributed by atoms with van der Waals surface area (Å²) in [6.45, 7) is 4.62. The summed E-state index contributed by atoms with van der Waals surface area (Å²) < 4.78 is 0. The lowest BCUT2D eigenvalue weighted by atomic mass is 9.80. The van der Waals surface area contributed by atoms with Gasteiger partial charge in [-0.15, -0.1) is 0 Å². The molecule has 0 aliphatic heterocycles. The first-order chi connectivity index (χ1) is 23.0. The lowest BCUT2D eigenvalue weighted by molar-refractivity contribution is 0.660. The van der Waals surface area contributed by atoms with Gasteiger partial charge in [-0.05, 0) is 68.8 Å². The summed E-state index contributed by atoms with van der Waals surface area (Å²) in [7, 11) is 0. The summed E-state index contributed by atoms with van der Waals surface area (Å²) in [5.41, 5.74) is 15.0. The molecule has 3 heteroatoms. The molecule has 1 heterocycles. The monoisotopic (exact) mass is 601 g/mol. The molecule has 0 saturated carbocycles. The van der Waals surface area contributed by atoms with E-state index in [1.807, 2.05) is 48.5 Å². The molecule has 7 aromatic rings. The number of nitriles is 1. The Hall–Kier alpha value is -6.11. The Labute approximate surface area is 275 Å². The average Bonchev–Trinajstić information content (AvgIpc) is 3.38. The maximum atomic E-state index is 9.55. The van der Waals surface area contributed by atoms with Gasteiger partial charge in [0.15, 0.2) is 5.82 Å². The molecule has 0 N–H and O–H groups in total. The van der Waals surface area contributed by atoms with Crippen molar-refractivity contribution in [1.29, 1.82) is 5.26 Å². The number of fused-ring (bicyclic) bond motifs is 3. The fourth-order valence-electron chi connectivity index (χ4n) is 6.96. The normalized spacial score (nSPS) is 12.6. The van der Waals surface area contributed by atoms with Gasteiger partial charge in [-0.25, -0.2) is 9.97 Å². The molecular formula is C44H31N3. The minimum absolute atomic E-state index is 0.129. The second-order valence-corrected chi connectivity index (χ2v) is 12.5. The summed E-state index contributed by atoms with van der Waals surface area (Å²) in [6, 6.07) is 54.8. The molecule has 8 rings (SSSR count). The highest BCUT2D eigenvalue weighted by Gasteiger charge is 2.37. The molecule has 0 fully saturated rings. The molecule has 0 atom stereocenters. The molecule has 0 bridgehead atoms. The lowest BCUT2D eigenvalue weighted by Crippen LogP contribution is -2.14. The quantitative estimate of drug-likeness (QED) is 0.197. The van der Waals surface area contributed by atoms with Crippen LogP contribution in [-0.2, 0) is 5.41 Å². The molecular weight excluding hydrogens is 571 g/mol. The van der Waals surface area contributed by atoms with Gasteiger partial charge in [-0.1, -0.05) is 141 Å². The number of nitrogens with zero attached hydrogens (tertiary/aromatic N) is 3. The highest BCUT2D eigenvalue weighted by atomic mass is 14.9. The molecule has 6 aromatic carbocycles. The van der Waals surface area contributed by atoms with Gasteiger partial charge in [0.2, 0.25) is 0 Å². The Balaban J connectivity index is 1.34. The van der Waals surface area contributed by atoms with Crippen LogP contribution in [0, 0.1) is 11.3 Å². The van der Waals surface area contributed by atoms with Gasteiger partial charge < -0.3 is 0 Å². The Morgan fingerprint density at radius 3 is 1.81 bits per heavy atom.